The van der Waals surface area contributed by atoms with Crippen LogP contribution < -0.4 is 5.73 Å². The molecule has 21 heavy (non-hydrogen) atoms. The van der Waals surface area contributed by atoms with Crippen molar-refractivity contribution in [3.05, 3.63) is 59.2 Å². The molecule has 0 bridgehead atoms. The van der Waals surface area contributed by atoms with Gasteiger partial charge in [-0.25, -0.2) is 17.2 Å². The lowest BCUT2D eigenvalue weighted by Gasteiger charge is -2.07. The summed E-state index contributed by atoms with van der Waals surface area (Å²) in [7, 11) is -4.01. The Bertz CT molecular complexity index is 843. The molecule has 2 rings (SSSR count). The van der Waals surface area contributed by atoms with E-state index < -0.39 is 32.1 Å². The van der Waals surface area contributed by atoms with Gasteiger partial charge >= 0.3 is 0 Å². The maximum atomic E-state index is 13.7. The van der Waals surface area contributed by atoms with Crippen LogP contribution >= 0.6 is 0 Å². The molecule has 7 heteroatoms. The molecule has 0 aromatic heterocycles. The van der Waals surface area contributed by atoms with E-state index in [4.69, 9.17) is 11.0 Å². The molecular weight excluding hydrogens is 298 g/mol. The van der Waals surface area contributed by atoms with Crippen LogP contribution in [0.5, 0.6) is 0 Å². The van der Waals surface area contributed by atoms with Crippen LogP contribution in [0.4, 0.5) is 14.5 Å². The third kappa shape index (κ3) is 3.35. The summed E-state index contributed by atoms with van der Waals surface area (Å²) in [5, 5.41) is 8.74. The van der Waals surface area contributed by atoms with E-state index >= 15 is 0 Å². The first-order chi connectivity index (χ1) is 9.81. The van der Waals surface area contributed by atoms with Gasteiger partial charge in [0.2, 0.25) is 0 Å². The second kappa shape index (κ2) is 5.50. The van der Waals surface area contributed by atoms with Gasteiger partial charge in [0, 0.05) is 5.69 Å². The van der Waals surface area contributed by atoms with Gasteiger partial charge in [-0.1, -0.05) is 0 Å². The van der Waals surface area contributed by atoms with Crippen molar-refractivity contribution in [1.82, 2.24) is 0 Å². The molecule has 0 aliphatic rings. The van der Waals surface area contributed by atoms with E-state index in [1.54, 1.807) is 6.07 Å². The Morgan fingerprint density at radius 1 is 1.14 bits per heavy atom. The smallest absolute Gasteiger partial charge is 0.185 e. The third-order valence-electron chi connectivity index (χ3n) is 2.73. The van der Waals surface area contributed by atoms with Crippen LogP contribution in [0.25, 0.3) is 0 Å². The summed E-state index contributed by atoms with van der Waals surface area (Å²) in [6.07, 6.45) is 0. The van der Waals surface area contributed by atoms with E-state index in [-0.39, 0.29) is 16.8 Å². The molecule has 0 saturated heterocycles. The second-order valence-corrected chi connectivity index (χ2v) is 6.37. The molecule has 4 nitrogen and oxygen atoms in total. The summed E-state index contributed by atoms with van der Waals surface area (Å²) in [4.78, 5) is -0.514. The number of hydrogen-bond acceptors (Lipinski definition) is 4. The Morgan fingerprint density at radius 3 is 2.48 bits per heavy atom. The first-order valence-corrected chi connectivity index (χ1v) is 7.44. The van der Waals surface area contributed by atoms with Crippen molar-refractivity contribution >= 4 is 15.5 Å². The van der Waals surface area contributed by atoms with Gasteiger partial charge < -0.3 is 5.73 Å². The van der Waals surface area contributed by atoms with Gasteiger partial charge in [-0.05, 0) is 42.0 Å². The molecule has 0 aliphatic carbocycles. The van der Waals surface area contributed by atoms with Crippen molar-refractivity contribution < 1.29 is 17.2 Å². The molecule has 0 spiro atoms. The van der Waals surface area contributed by atoms with E-state index in [2.05, 4.69) is 0 Å². The first-order valence-electron chi connectivity index (χ1n) is 5.79. The maximum absolute atomic E-state index is 13.7. The number of nitrogens with two attached hydrogens (primary N) is 1. The standard InChI is InChI=1S/C14H10F2N2O2S/c15-11-4-9(7-17)3-10(5-11)8-21(19,20)14-2-1-12(18)6-13(14)16/h1-6H,8,18H2. The molecule has 0 radical (unpaired) electrons. The highest BCUT2D eigenvalue weighted by molar-refractivity contribution is 7.90. The number of halogens is 2. The minimum atomic E-state index is -4.01. The second-order valence-electron chi connectivity index (χ2n) is 4.41. The zero-order chi connectivity index (χ0) is 15.6. The number of nitrogens with zero attached hydrogens (tertiary/aromatic N) is 1. The molecule has 0 atom stereocenters. The van der Waals surface area contributed by atoms with Gasteiger partial charge in [0.05, 0.1) is 17.4 Å². The number of sulfone groups is 1. The van der Waals surface area contributed by atoms with Crippen LogP contribution in [0, 0.1) is 23.0 Å². The monoisotopic (exact) mass is 308 g/mol. The van der Waals surface area contributed by atoms with E-state index in [0.29, 0.717) is 0 Å². The SMILES string of the molecule is N#Cc1cc(F)cc(CS(=O)(=O)c2ccc(N)cc2F)c1. The first kappa shape index (κ1) is 14.9. The zero-order valence-corrected chi connectivity index (χ0v) is 11.5. The minimum absolute atomic E-state index is 0.00187. The maximum Gasteiger partial charge on any atom is 0.185 e. The molecular formula is C14H10F2N2O2S. The number of rotatable bonds is 3. The van der Waals surface area contributed by atoms with E-state index in [0.717, 1.165) is 24.3 Å². The molecule has 0 amide bonds. The molecule has 0 heterocycles. The summed E-state index contributed by atoms with van der Waals surface area (Å²) < 4.78 is 51.3. The zero-order valence-electron chi connectivity index (χ0n) is 10.7. The fraction of sp³-hybridized carbons (Fsp3) is 0.0714. The minimum Gasteiger partial charge on any atom is -0.399 e. The lowest BCUT2D eigenvalue weighted by Crippen LogP contribution is -2.08. The van der Waals surface area contributed by atoms with Crippen molar-refractivity contribution in [2.24, 2.45) is 0 Å². The number of nitrogen functional groups attached to an aromatic ring is 1. The predicted molar refractivity (Wildman–Crippen MR) is 72.8 cm³/mol. The van der Waals surface area contributed by atoms with Gasteiger partial charge in [0.25, 0.3) is 0 Å². The number of nitriles is 1. The van der Waals surface area contributed by atoms with Gasteiger partial charge in [-0.2, -0.15) is 5.26 Å². The van der Waals surface area contributed by atoms with E-state index in [1.807, 2.05) is 0 Å². The van der Waals surface area contributed by atoms with Crippen LogP contribution in [0.15, 0.2) is 41.3 Å². The van der Waals surface area contributed by atoms with Crippen LogP contribution in [0.1, 0.15) is 11.1 Å². The Kier molecular flexibility index (Phi) is 3.91. The van der Waals surface area contributed by atoms with Gasteiger partial charge in [0.15, 0.2) is 9.84 Å². The Hall–Kier alpha value is -2.46. The molecule has 2 aromatic rings. The highest BCUT2D eigenvalue weighted by atomic mass is 32.2. The molecule has 0 saturated carbocycles. The molecule has 0 fully saturated rings. The average Bonchev–Trinajstić information content (AvgIpc) is 2.36. The van der Waals surface area contributed by atoms with Crippen LogP contribution in [-0.2, 0) is 15.6 Å². The molecule has 108 valence electrons. The predicted octanol–water partition coefficient (Wildman–Crippen LogP) is 2.39. The molecule has 0 aliphatic heterocycles. The van der Waals surface area contributed by atoms with E-state index in [9.17, 15) is 17.2 Å². The molecule has 0 unspecified atom stereocenters. The lowest BCUT2D eigenvalue weighted by atomic mass is 10.1. The fourth-order valence-electron chi connectivity index (χ4n) is 1.86. The number of anilines is 1. The summed E-state index contributed by atoms with van der Waals surface area (Å²) in [5.74, 6) is -2.30. The normalized spacial score (nSPS) is 11.1. The van der Waals surface area contributed by atoms with Crippen LogP contribution in [0.3, 0.4) is 0 Å². The highest BCUT2D eigenvalue weighted by Gasteiger charge is 2.20. The quantitative estimate of drug-likeness (QED) is 0.882. The summed E-state index contributed by atoms with van der Waals surface area (Å²) in [6.45, 7) is 0. The van der Waals surface area contributed by atoms with Gasteiger partial charge in [-0.15, -0.1) is 0 Å². The third-order valence-corrected chi connectivity index (χ3v) is 4.45. The van der Waals surface area contributed by atoms with Crippen LogP contribution in [0.2, 0.25) is 0 Å². The summed E-state index contributed by atoms with van der Waals surface area (Å²) >= 11 is 0. The highest BCUT2D eigenvalue weighted by Crippen LogP contribution is 2.22. The number of benzene rings is 2. The van der Waals surface area contributed by atoms with Crippen molar-refractivity contribution in [1.29, 1.82) is 5.26 Å². The van der Waals surface area contributed by atoms with Crippen LogP contribution in [-0.4, -0.2) is 8.42 Å². The summed E-state index contributed by atoms with van der Waals surface area (Å²) in [6, 6.07) is 8.18. The average molecular weight is 308 g/mol. The Labute approximate surface area is 120 Å². The largest absolute Gasteiger partial charge is 0.399 e. The molecule has 2 N–H and O–H groups in total. The van der Waals surface area contributed by atoms with Gasteiger partial charge in [-0.3, -0.25) is 0 Å². The van der Waals surface area contributed by atoms with Crippen molar-refractivity contribution in [3.8, 4) is 6.07 Å². The topological polar surface area (TPSA) is 84.0 Å². The summed E-state index contributed by atoms with van der Waals surface area (Å²) in [5.41, 5.74) is 5.53. The van der Waals surface area contributed by atoms with Crippen molar-refractivity contribution in [2.75, 3.05) is 5.73 Å². The lowest BCUT2D eigenvalue weighted by molar-refractivity contribution is 0.566. The van der Waals surface area contributed by atoms with Crippen molar-refractivity contribution in [2.45, 2.75) is 10.6 Å². The number of hydrogen-bond donors (Lipinski definition) is 1. The van der Waals surface area contributed by atoms with E-state index in [1.165, 1.54) is 12.1 Å². The fourth-order valence-corrected chi connectivity index (χ4v) is 3.26. The molecule has 2 aromatic carbocycles. The van der Waals surface area contributed by atoms with Crippen molar-refractivity contribution in [3.63, 3.8) is 0 Å². The Balaban J connectivity index is 2.42. The van der Waals surface area contributed by atoms with Gasteiger partial charge in [0.1, 0.15) is 16.5 Å². The Morgan fingerprint density at radius 2 is 1.86 bits per heavy atom.